The number of carbonyl (C=O) groups is 3. The largest absolute Gasteiger partial charge is 0.396 e. The van der Waals surface area contributed by atoms with Crippen LogP contribution in [0.3, 0.4) is 0 Å². The molecule has 0 bridgehead atoms. The Hall–Kier alpha value is -2.68. The summed E-state index contributed by atoms with van der Waals surface area (Å²) in [6, 6.07) is 4.58. The van der Waals surface area contributed by atoms with Crippen molar-refractivity contribution in [1.82, 2.24) is 9.80 Å². The summed E-state index contributed by atoms with van der Waals surface area (Å²) in [6.45, 7) is 7.69. The van der Waals surface area contributed by atoms with Gasteiger partial charge in [-0.1, -0.05) is 61.9 Å². The van der Waals surface area contributed by atoms with E-state index in [0.29, 0.717) is 49.6 Å². The number of hydrogen-bond donors (Lipinski definition) is 1. The lowest BCUT2D eigenvalue weighted by atomic mass is 9.73. The van der Waals surface area contributed by atoms with Crippen molar-refractivity contribution in [3.63, 3.8) is 0 Å². The van der Waals surface area contributed by atoms with Gasteiger partial charge in [0, 0.05) is 32.8 Å². The van der Waals surface area contributed by atoms with E-state index in [1.165, 1.54) is 0 Å². The molecule has 40 heavy (non-hydrogen) atoms. The minimum atomic E-state index is -1.29. The highest BCUT2D eigenvalue weighted by Gasteiger charge is 2.75. The van der Waals surface area contributed by atoms with Gasteiger partial charge < -0.3 is 24.5 Å². The van der Waals surface area contributed by atoms with Crippen molar-refractivity contribution in [2.45, 2.75) is 70.1 Å². The van der Waals surface area contributed by atoms with E-state index in [9.17, 15) is 19.5 Å². The second-order valence-corrected chi connectivity index (χ2v) is 11.8. The Morgan fingerprint density at radius 2 is 1.75 bits per heavy atom. The highest BCUT2D eigenvalue weighted by Crippen LogP contribution is 2.58. The standard InChI is InChI=1S/C31H40ClN3O5/c1-4-16-33-17-10-14-30(5-2)23(27(33)37)24-28(38)35(18-7-6-8-20-36)26-29(39)34(19-11-15-31(24,26)40-30)25-21(3)12-9-13-22(25)32/h9-15,23-24,26,36H,4-8,16-20H2,1-3H3/t23-,24+,26?,30+,31+/m1/s1. The molecule has 9 heteroatoms. The quantitative estimate of drug-likeness (QED) is 0.360. The summed E-state index contributed by atoms with van der Waals surface area (Å²) in [5.74, 6) is -2.12. The van der Waals surface area contributed by atoms with Gasteiger partial charge in [0.25, 0.3) is 5.91 Å². The zero-order valence-corrected chi connectivity index (χ0v) is 24.4. The first kappa shape index (κ1) is 28.8. The number of rotatable bonds is 9. The lowest BCUT2D eigenvalue weighted by molar-refractivity contribution is -0.150. The molecule has 0 radical (unpaired) electrons. The first-order valence-corrected chi connectivity index (χ1v) is 15.0. The van der Waals surface area contributed by atoms with Crippen LogP contribution in [0.15, 0.2) is 42.5 Å². The highest BCUT2D eigenvalue weighted by molar-refractivity contribution is 6.34. The van der Waals surface area contributed by atoms with Crippen LogP contribution in [0.2, 0.25) is 5.02 Å². The monoisotopic (exact) mass is 569 g/mol. The number of carbonyl (C=O) groups excluding carboxylic acids is 3. The molecule has 2 saturated heterocycles. The van der Waals surface area contributed by atoms with Crippen LogP contribution in [0.4, 0.5) is 5.69 Å². The number of aryl methyl sites for hydroxylation is 1. The van der Waals surface area contributed by atoms with Gasteiger partial charge in [-0.2, -0.15) is 0 Å². The molecule has 3 amide bonds. The minimum Gasteiger partial charge on any atom is -0.396 e. The zero-order valence-electron chi connectivity index (χ0n) is 23.6. The lowest BCUT2D eigenvalue weighted by Gasteiger charge is -2.38. The van der Waals surface area contributed by atoms with Gasteiger partial charge >= 0.3 is 0 Å². The predicted octanol–water partition coefficient (Wildman–Crippen LogP) is 3.88. The summed E-state index contributed by atoms with van der Waals surface area (Å²) in [4.78, 5) is 48.4. The topological polar surface area (TPSA) is 90.4 Å². The van der Waals surface area contributed by atoms with Crippen molar-refractivity contribution < 1.29 is 24.2 Å². The molecule has 5 atom stereocenters. The molecule has 8 nitrogen and oxygen atoms in total. The Morgan fingerprint density at radius 1 is 0.975 bits per heavy atom. The van der Waals surface area contributed by atoms with Crippen LogP contribution in [0, 0.1) is 18.8 Å². The molecular weight excluding hydrogens is 530 g/mol. The van der Waals surface area contributed by atoms with Gasteiger partial charge in [-0.3, -0.25) is 14.4 Å². The van der Waals surface area contributed by atoms with Crippen molar-refractivity contribution >= 4 is 35.0 Å². The third-order valence-electron chi connectivity index (χ3n) is 9.03. The molecule has 1 N–H and O–H groups in total. The first-order chi connectivity index (χ1) is 19.3. The van der Waals surface area contributed by atoms with E-state index in [1.54, 1.807) is 15.9 Å². The van der Waals surface area contributed by atoms with E-state index in [2.05, 4.69) is 0 Å². The van der Waals surface area contributed by atoms with Crippen molar-refractivity contribution in [2.75, 3.05) is 37.7 Å². The van der Waals surface area contributed by atoms with Crippen molar-refractivity contribution in [3.05, 3.63) is 53.1 Å². The SMILES string of the molecule is CCCN1CC=C[C@]2(CC)O[C@]34C=CCN(c5c(C)cccc5Cl)C(=O)C3N(CCCCCO)C(=O)[C@@H]4[C@@H]2C1=O. The van der Waals surface area contributed by atoms with Crippen LogP contribution < -0.4 is 4.90 Å². The molecule has 4 aliphatic heterocycles. The van der Waals surface area contributed by atoms with Crippen molar-refractivity contribution in [3.8, 4) is 0 Å². The minimum absolute atomic E-state index is 0.0729. The summed E-state index contributed by atoms with van der Waals surface area (Å²) in [5, 5.41) is 9.76. The Labute approximate surface area is 241 Å². The molecule has 2 fully saturated rings. The molecule has 0 saturated carbocycles. The van der Waals surface area contributed by atoms with E-state index in [1.807, 2.05) is 62.1 Å². The fourth-order valence-electron chi connectivity index (χ4n) is 7.26. The number of fused-ring (bicyclic) bond motifs is 2. The molecule has 1 unspecified atom stereocenters. The molecule has 5 rings (SSSR count). The molecule has 0 aliphatic carbocycles. The smallest absolute Gasteiger partial charge is 0.253 e. The summed E-state index contributed by atoms with van der Waals surface area (Å²) < 4.78 is 7.01. The Bertz CT molecular complexity index is 1210. The molecular formula is C31H40ClN3O5. The van der Waals surface area contributed by atoms with Crippen LogP contribution in [-0.2, 0) is 19.1 Å². The normalized spacial score (nSPS) is 31.4. The van der Waals surface area contributed by atoms with Crippen LogP contribution in [-0.4, -0.2) is 82.7 Å². The van der Waals surface area contributed by atoms with Gasteiger partial charge in [-0.25, -0.2) is 0 Å². The molecule has 1 aromatic carbocycles. The summed E-state index contributed by atoms with van der Waals surface area (Å²) >= 11 is 6.63. The number of aliphatic hydroxyl groups excluding tert-OH is 1. The van der Waals surface area contributed by atoms with Crippen molar-refractivity contribution in [2.24, 2.45) is 11.8 Å². The summed E-state index contributed by atoms with van der Waals surface area (Å²) in [6.07, 6.45) is 11.0. The van der Waals surface area contributed by atoms with Crippen LogP contribution in [0.1, 0.15) is 51.5 Å². The van der Waals surface area contributed by atoms with E-state index in [4.69, 9.17) is 16.3 Å². The molecule has 4 heterocycles. The van der Waals surface area contributed by atoms with E-state index in [-0.39, 0.29) is 30.9 Å². The van der Waals surface area contributed by atoms with E-state index in [0.717, 1.165) is 18.4 Å². The maximum atomic E-state index is 14.6. The second kappa shape index (κ2) is 11.3. The van der Waals surface area contributed by atoms with E-state index < -0.39 is 29.1 Å². The molecule has 216 valence electrons. The molecule has 0 aromatic heterocycles. The number of anilines is 1. The molecule has 4 aliphatic rings. The first-order valence-electron chi connectivity index (χ1n) is 14.6. The maximum Gasteiger partial charge on any atom is 0.253 e. The van der Waals surface area contributed by atoms with Crippen LogP contribution >= 0.6 is 11.6 Å². The second-order valence-electron chi connectivity index (χ2n) is 11.4. The number of amides is 3. The number of aliphatic hydroxyl groups is 1. The van der Waals surface area contributed by atoms with Gasteiger partial charge in [0.2, 0.25) is 11.8 Å². The average molecular weight is 570 g/mol. The number of unbranched alkanes of at least 4 members (excludes halogenated alkanes) is 2. The van der Waals surface area contributed by atoms with Gasteiger partial charge in [0.15, 0.2) is 0 Å². The Morgan fingerprint density at radius 3 is 2.45 bits per heavy atom. The zero-order chi connectivity index (χ0) is 28.7. The third-order valence-corrected chi connectivity index (χ3v) is 9.34. The maximum absolute atomic E-state index is 14.6. The number of nitrogens with zero attached hydrogens (tertiary/aromatic N) is 3. The summed E-state index contributed by atoms with van der Waals surface area (Å²) in [7, 11) is 0. The van der Waals surface area contributed by atoms with Crippen LogP contribution in [0.25, 0.3) is 0 Å². The highest BCUT2D eigenvalue weighted by atomic mass is 35.5. The number of ether oxygens (including phenoxy) is 1. The molecule has 1 spiro atoms. The number of benzene rings is 1. The van der Waals surface area contributed by atoms with Gasteiger partial charge in [0.1, 0.15) is 11.6 Å². The summed E-state index contributed by atoms with van der Waals surface area (Å²) in [5.41, 5.74) is -0.794. The van der Waals surface area contributed by atoms with Gasteiger partial charge in [-0.15, -0.1) is 0 Å². The lowest BCUT2D eigenvalue weighted by Crippen LogP contribution is -2.56. The number of likely N-dealkylation sites (tertiary alicyclic amines) is 1. The molecule has 1 aromatic rings. The number of para-hydroxylation sites is 1. The Kier molecular flexibility index (Phi) is 8.15. The fraction of sp³-hybridized carbons (Fsp3) is 0.581. The fourth-order valence-corrected chi connectivity index (χ4v) is 7.58. The van der Waals surface area contributed by atoms with E-state index >= 15 is 0 Å². The van der Waals surface area contributed by atoms with Crippen LogP contribution in [0.5, 0.6) is 0 Å². The van der Waals surface area contributed by atoms with Crippen molar-refractivity contribution in [1.29, 1.82) is 0 Å². The predicted molar refractivity (Wildman–Crippen MR) is 154 cm³/mol. The number of hydrogen-bond acceptors (Lipinski definition) is 5. The van der Waals surface area contributed by atoms with Gasteiger partial charge in [-0.05, 0) is 50.7 Å². The third kappa shape index (κ3) is 4.39. The average Bonchev–Trinajstić information content (AvgIpc) is 3.22. The number of halogens is 1. The Balaban J connectivity index is 1.64. The van der Waals surface area contributed by atoms with Gasteiger partial charge in [0.05, 0.1) is 28.1 Å².